The first-order valence-corrected chi connectivity index (χ1v) is 5.41. The summed E-state index contributed by atoms with van der Waals surface area (Å²) in [5.74, 6) is -2.10. The van der Waals surface area contributed by atoms with E-state index in [1.165, 1.54) is 6.07 Å². The minimum Gasteiger partial charge on any atom is -0.452 e. The standard InChI is InChI=1S/C12H15FN2O3/c1-7(2)15-11(16)6-18-12(17)9-5-8(14)3-4-10(9)13/h3-5,7H,6,14H2,1-2H3,(H,15,16). The lowest BCUT2D eigenvalue weighted by Gasteiger charge is -2.09. The first-order chi connectivity index (χ1) is 8.40. The second-order valence-corrected chi connectivity index (χ2v) is 4.04. The molecule has 3 N–H and O–H groups in total. The predicted molar refractivity (Wildman–Crippen MR) is 64.4 cm³/mol. The Morgan fingerprint density at radius 3 is 2.72 bits per heavy atom. The van der Waals surface area contributed by atoms with Gasteiger partial charge in [0.25, 0.3) is 5.91 Å². The summed E-state index contributed by atoms with van der Waals surface area (Å²) >= 11 is 0. The van der Waals surface area contributed by atoms with Gasteiger partial charge in [0.2, 0.25) is 0 Å². The summed E-state index contributed by atoms with van der Waals surface area (Å²) in [7, 11) is 0. The summed E-state index contributed by atoms with van der Waals surface area (Å²) in [6.07, 6.45) is 0. The summed E-state index contributed by atoms with van der Waals surface area (Å²) in [4.78, 5) is 22.7. The van der Waals surface area contributed by atoms with Crippen LogP contribution < -0.4 is 11.1 Å². The molecule has 0 bridgehead atoms. The number of amides is 1. The van der Waals surface area contributed by atoms with Crippen molar-refractivity contribution in [3.63, 3.8) is 0 Å². The van der Waals surface area contributed by atoms with Crippen molar-refractivity contribution in [2.24, 2.45) is 0 Å². The van der Waals surface area contributed by atoms with Crippen molar-refractivity contribution in [3.05, 3.63) is 29.6 Å². The van der Waals surface area contributed by atoms with E-state index < -0.39 is 24.3 Å². The Balaban J connectivity index is 2.60. The first-order valence-electron chi connectivity index (χ1n) is 5.41. The third-order valence-corrected chi connectivity index (χ3v) is 1.99. The molecule has 0 atom stereocenters. The first kappa shape index (κ1) is 14.0. The van der Waals surface area contributed by atoms with E-state index in [2.05, 4.69) is 10.1 Å². The lowest BCUT2D eigenvalue weighted by molar-refractivity contribution is -0.124. The zero-order valence-electron chi connectivity index (χ0n) is 10.2. The normalized spacial score (nSPS) is 10.2. The highest BCUT2D eigenvalue weighted by atomic mass is 19.1. The quantitative estimate of drug-likeness (QED) is 0.622. The zero-order chi connectivity index (χ0) is 13.7. The molecular formula is C12H15FN2O3. The number of halogens is 1. The Morgan fingerprint density at radius 2 is 2.11 bits per heavy atom. The topological polar surface area (TPSA) is 81.4 Å². The molecule has 0 unspecified atom stereocenters. The molecule has 1 aromatic rings. The molecule has 0 fully saturated rings. The summed E-state index contributed by atoms with van der Waals surface area (Å²) in [5.41, 5.74) is 5.39. The average Bonchev–Trinajstić information content (AvgIpc) is 2.28. The summed E-state index contributed by atoms with van der Waals surface area (Å²) < 4.78 is 18.0. The molecule has 5 nitrogen and oxygen atoms in total. The molecule has 1 amide bonds. The van der Waals surface area contributed by atoms with Crippen LogP contribution in [0.15, 0.2) is 18.2 Å². The molecule has 98 valence electrons. The molecule has 0 aliphatic carbocycles. The Kier molecular flexibility index (Phi) is 4.65. The Hall–Kier alpha value is -2.11. The van der Waals surface area contributed by atoms with Gasteiger partial charge < -0.3 is 15.8 Å². The fraction of sp³-hybridized carbons (Fsp3) is 0.333. The van der Waals surface area contributed by atoms with Crippen LogP contribution >= 0.6 is 0 Å². The third kappa shape index (κ3) is 4.04. The van der Waals surface area contributed by atoms with Gasteiger partial charge in [-0.3, -0.25) is 4.79 Å². The number of carbonyl (C=O) groups is 2. The largest absolute Gasteiger partial charge is 0.452 e. The number of ether oxygens (including phenoxy) is 1. The van der Waals surface area contributed by atoms with Gasteiger partial charge in [-0.2, -0.15) is 0 Å². The molecule has 0 spiro atoms. The number of hydrogen-bond donors (Lipinski definition) is 2. The van der Waals surface area contributed by atoms with Crippen LogP contribution in [0.1, 0.15) is 24.2 Å². The van der Waals surface area contributed by atoms with Crippen LogP contribution in [-0.2, 0) is 9.53 Å². The van der Waals surface area contributed by atoms with Crippen molar-refractivity contribution in [2.75, 3.05) is 12.3 Å². The maximum Gasteiger partial charge on any atom is 0.341 e. The van der Waals surface area contributed by atoms with Crippen molar-refractivity contribution in [3.8, 4) is 0 Å². The van der Waals surface area contributed by atoms with Crippen molar-refractivity contribution in [1.29, 1.82) is 0 Å². The van der Waals surface area contributed by atoms with Gasteiger partial charge in [-0.1, -0.05) is 0 Å². The van der Waals surface area contributed by atoms with Gasteiger partial charge in [-0.05, 0) is 32.0 Å². The van der Waals surface area contributed by atoms with Gasteiger partial charge in [0.1, 0.15) is 5.82 Å². The number of nitrogen functional groups attached to an aromatic ring is 1. The van der Waals surface area contributed by atoms with Gasteiger partial charge in [-0.25, -0.2) is 9.18 Å². The van der Waals surface area contributed by atoms with Gasteiger partial charge in [0, 0.05) is 11.7 Å². The van der Waals surface area contributed by atoms with Crippen molar-refractivity contribution < 1.29 is 18.7 Å². The molecule has 18 heavy (non-hydrogen) atoms. The minimum atomic E-state index is -0.918. The third-order valence-electron chi connectivity index (χ3n) is 1.99. The van der Waals surface area contributed by atoms with Crippen molar-refractivity contribution in [2.45, 2.75) is 19.9 Å². The lowest BCUT2D eigenvalue weighted by Crippen LogP contribution is -2.34. The number of benzene rings is 1. The highest BCUT2D eigenvalue weighted by Gasteiger charge is 2.15. The smallest absolute Gasteiger partial charge is 0.341 e. The summed E-state index contributed by atoms with van der Waals surface area (Å²) in [6, 6.07) is 3.51. The lowest BCUT2D eigenvalue weighted by atomic mass is 10.2. The Bertz CT molecular complexity index is 461. The van der Waals surface area contributed by atoms with Crippen LogP contribution in [0.25, 0.3) is 0 Å². The van der Waals surface area contributed by atoms with E-state index in [0.29, 0.717) is 0 Å². The van der Waals surface area contributed by atoms with E-state index in [4.69, 9.17) is 5.73 Å². The second-order valence-electron chi connectivity index (χ2n) is 4.04. The number of nitrogens with two attached hydrogens (primary N) is 1. The van der Waals surface area contributed by atoms with Crippen LogP contribution in [0, 0.1) is 5.82 Å². The Labute approximate surface area is 104 Å². The number of anilines is 1. The van der Waals surface area contributed by atoms with E-state index in [1.807, 2.05) is 0 Å². The molecule has 1 aromatic carbocycles. The maximum absolute atomic E-state index is 13.3. The Morgan fingerprint density at radius 1 is 1.44 bits per heavy atom. The molecule has 0 aromatic heterocycles. The average molecular weight is 254 g/mol. The van der Waals surface area contributed by atoms with Crippen LogP contribution in [0.4, 0.5) is 10.1 Å². The van der Waals surface area contributed by atoms with Gasteiger partial charge >= 0.3 is 5.97 Å². The van der Waals surface area contributed by atoms with Crippen LogP contribution in [0.2, 0.25) is 0 Å². The maximum atomic E-state index is 13.3. The predicted octanol–water partition coefficient (Wildman–Crippen LogP) is 1.09. The molecule has 0 heterocycles. The molecular weight excluding hydrogens is 239 g/mol. The van der Waals surface area contributed by atoms with Crippen LogP contribution in [0.3, 0.4) is 0 Å². The van der Waals surface area contributed by atoms with Crippen LogP contribution in [0.5, 0.6) is 0 Å². The SMILES string of the molecule is CC(C)NC(=O)COC(=O)c1cc(N)ccc1F. The molecule has 0 saturated carbocycles. The summed E-state index contributed by atoms with van der Waals surface area (Å²) in [6.45, 7) is 3.10. The molecule has 1 rings (SSSR count). The number of carbonyl (C=O) groups excluding carboxylic acids is 2. The van der Waals surface area contributed by atoms with Crippen molar-refractivity contribution >= 4 is 17.6 Å². The molecule has 0 aliphatic rings. The fourth-order valence-corrected chi connectivity index (χ4v) is 1.27. The van der Waals surface area contributed by atoms with E-state index in [9.17, 15) is 14.0 Å². The van der Waals surface area contributed by atoms with E-state index >= 15 is 0 Å². The number of hydrogen-bond acceptors (Lipinski definition) is 4. The monoisotopic (exact) mass is 254 g/mol. The minimum absolute atomic E-state index is 0.0553. The van der Waals surface area contributed by atoms with Crippen LogP contribution in [-0.4, -0.2) is 24.5 Å². The zero-order valence-corrected chi connectivity index (χ0v) is 10.2. The summed E-state index contributed by atoms with van der Waals surface area (Å²) in [5, 5.41) is 2.54. The van der Waals surface area contributed by atoms with Crippen molar-refractivity contribution in [1.82, 2.24) is 5.32 Å². The number of esters is 1. The van der Waals surface area contributed by atoms with E-state index in [-0.39, 0.29) is 17.3 Å². The fourth-order valence-electron chi connectivity index (χ4n) is 1.27. The highest BCUT2D eigenvalue weighted by Crippen LogP contribution is 2.13. The van der Waals surface area contributed by atoms with E-state index in [1.54, 1.807) is 13.8 Å². The number of rotatable bonds is 4. The van der Waals surface area contributed by atoms with Gasteiger partial charge in [0.05, 0.1) is 5.56 Å². The second kappa shape index (κ2) is 6.00. The van der Waals surface area contributed by atoms with Gasteiger partial charge in [-0.15, -0.1) is 0 Å². The highest BCUT2D eigenvalue weighted by molar-refractivity contribution is 5.92. The molecule has 0 saturated heterocycles. The number of nitrogens with one attached hydrogen (secondary N) is 1. The molecule has 0 aliphatic heterocycles. The molecule has 0 radical (unpaired) electrons. The van der Waals surface area contributed by atoms with E-state index in [0.717, 1.165) is 12.1 Å². The van der Waals surface area contributed by atoms with Gasteiger partial charge in [0.15, 0.2) is 6.61 Å². The molecule has 6 heteroatoms.